The zero-order valence-corrected chi connectivity index (χ0v) is 12.6. The molecule has 0 fully saturated rings. The van der Waals surface area contributed by atoms with Crippen LogP contribution in [-0.2, 0) is 4.79 Å². The molecule has 2 aromatic rings. The maximum Gasteiger partial charge on any atom is 0.241 e. The Morgan fingerprint density at radius 2 is 2.14 bits per heavy atom. The summed E-state index contributed by atoms with van der Waals surface area (Å²) in [4.78, 5) is 16.5. The molecular formula is C15H21N5O. The first-order valence-electron chi connectivity index (χ1n) is 7.07. The molecule has 0 radical (unpaired) electrons. The summed E-state index contributed by atoms with van der Waals surface area (Å²) in [6.07, 6.45) is 0.857. The molecule has 112 valence electrons. The minimum absolute atomic E-state index is 0.128. The predicted molar refractivity (Wildman–Crippen MR) is 82.6 cm³/mol. The number of nitrogens with zero attached hydrogens (tertiary/aromatic N) is 2. The van der Waals surface area contributed by atoms with Gasteiger partial charge in [-0.05, 0) is 25.0 Å². The van der Waals surface area contributed by atoms with Crippen molar-refractivity contribution >= 4 is 11.6 Å². The molecule has 0 bridgehead atoms. The van der Waals surface area contributed by atoms with Gasteiger partial charge in [-0.1, -0.05) is 32.4 Å². The van der Waals surface area contributed by atoms with Gasteiger partial charge in [-0.25, -0.2) is 4.98 Å². The molecule has 1 amide bonds. The number of rotatable bonds is 5. The van der Waals surface area contributed by atoms with E-state index in [0.717, 1.165) is 17.8 Å². The highest BCUT2D eigenvalue weighted by Crippen LogP contribution is 2.25. The first-order valence-corrected chi connectivity index (χ1v) is 7.07. The van der Waals surface area contributed by atoms with Gasteiger partial charge in [-0.15, -0.1) is 0 Å². The topological polar surface area (TPSA) is 96.7 Å². The number of para-hydroxylation sites is 1. The highest BCUT2D eigenvalue weighted by Gasteiger charge is 2.20. The number of H-pyrrole nitrogens is 1. The van der Waals surface area contributed by atoms with Gasteiger partial charge in [-0.3, -0.25) is 9.89 Å². The molecule has 1 aromatic heterocycles. The van der Waals surface area contributed by atoms with Gasteiger partial charge in [0.05, 0.1) is 11.7 Å². The zero-order chi connectivity index (χ0) is 15.4. The Bertz CT molecular complexity index is 622. The number of anilines is 1. The summed E-state index contributed by atoms with van der Waals surface area (Å²) < 4.78 is 0. The lowest BCUT2D eigenvalue weighted by molar-refractivity contribution is -0.118. The second kappa shape index (κ2) is 6.49. The quantitative estimate of drug-likeness (QED) is 0.784. The van der Waals surface area contributed by atoms with Crippen LogP contribution in [0.15, 0.2) is 24.3 Å². The fourth-order valence-corrected chi connectivity index (χ4v) is 1.98. The van der Waals surface area contributed by atoms with Crippen LogP contribution in [0, 0.1) is 12.8 Å². The number of nitrogens with two attached hydrogens (primary N) is 1. The largest absolute Gasteiger partial charge is 0.324 e. The molecule has 0 aliphatic heterocycles. The summed E-state index contributed by atoms with van der Waals surface area (Å²) >= 11 is 0. The van der Waals surface area contributed by atoms with E-state index in [1.165, 1.54) is 0 Å². The number of aromatic nitrogens is 3. The molecule has 2 rings (SSSR count). The van der Waals surface area contributed by atoms with E-state index >= 15 is 0 Å². The van der Waals surface area contributed by atoms with Gasteiger partial charge < -0.3 is 11.1 Å². The van der Waals surface area contributed by atoms with Gasteiger partial charge in [0.15, 0.2) is 5.82 Å². The Morgan fingerprint density at radius 1 is 1.43 bits per heavy atom. The van der Waals surface area contributed by atoms with Gasteiger partial charge in [0.1, 0.15) is 5.82 Å². The van der Waals surface area contributed by atoms with Crippen molar-refractivity contribution in [3.63, 3.8) is 0 Å². The van der Waals surface area contributed by atoms with Crippen molar-refractivity contribution < 1.29 is 4.79 Å². The number of hydrogen-bond acceptors (Lipinski definition) is 4. The highest BCUT2D eigenvalue weighted by atomic mass is 16.2. The Morgan fingerprint density at radius 3 is 2.76 bits per heavy atom. The van der Waals surface area contributed by atoms with Crippen LogP contribution in [0.25, 0.3) is 11.4 Å². The van der Waals surface area contributed by atoms with Gasteiger partial charge in [0, 0.05) is 5.56 Å². The minimum atomic E-state index is -0.531. The lowest BCUT2D eigenvalue weighted by Crippen LogP contribution is -2.40. The number of carbonyl (C=O) groups excluding carboxylic acids is 1. The van der Waals surface area contributed by atoms with Crippen LogP contribution in [0.3, 0.4) is 0 Å². The number of benzene rings is 1. The molecule has 4 N–H and O–H groups in total. The van der Waals surface area contributed by atoms with Gasteiger partial charge in [0.25, 0.3) is 0 Å². The maximum absolute atomic E-state index is 12.2. The van der Waals surface area contributed by atoms with E-state index < -0.39 is 6.04 Å². The predicted octanol–water partition coefficient (Wildman–Crippen LogP) is 2.09. The number of aryl methyl sites for hydroxylation is 1. The van der Waals surface area contributed by atoms with E-state index in [4.69, 9.17) is 5.73 Å². The number of nitrogens with one attached hydrogen (secondary N) is 2. The van der Waals surface area contributed by atoms with Crippen molar-refractivity contribution in [2.75, 3.05) is 5.32 Å². The average Bonchev–Trinajstić information content (AvgIpc) is 2.92. The van der Waals surface area contributed by atoms with Gasteiger partial charge >= 0.3 is 0 Å². The summed E-state index contributed by atoms with van der Waals surface area (Å²) in [5.41, 5.74) is 7.40. The molecular weight excluding hydrogens is 266 g/mol. The molecule has 0 saturated carbocycles. The van der Waals surface area contributed by atoms with Crippen LogP contribution in [0.1, 0.15) is 26.1 Å². The first kappa shape index (κ1) is 15.2. The van der Waals surface area contributed by atoms with Crippen LogP contribution < -0.4 is 11.1 Å². The molecule has 2 unspecified atom stereocenters. The molecule has 0 aliphatic carbocycles. The zero-order valence-electron chi connectivity index (χ0n) is 12.6. The van der Waals surface area contributed by atoms with Crippen molar-refractivity contribution in [2.24, 2.45) is 11.7 Å². The molecule has 0 aliphatic rings. The first-order chi connectivity index (χ1) is 10.0. The molecule has 21 heavy (non-hydrogen) atoms. The van der Waals surface area contributed by atoms with Gasteiger partial charge in [0.2, 0.25) is 5.91 Å². The third-order valence-corrected chi connectivity index (χ3v) is 3.58. The lowest BCUT2D eigenvalue weighted by Gasteiger charge is -2.18. The second-order valence-electron chi connectivity index (χ2n) is 5.19. The molecule has 0 saturated heterocycles. The third-order valence-electron chi connectivity index (χ3n) is 3.58. The standard InChI is InChI=1S/C15H21N5O/c1-4-9(2)13(16)15(21)18-12-8-6-5-7-11(12)14-17-10(3)19-20-14/h5-9,13H,4,16H2,1-3H3,(H,18,21)(H,17,19,20). The van der Waals surface area contributed by atoms with E-state index in [9.17, 15) is 4.79 Å². The monoisotopic (exact) mass is 287 g/mol. The summed E-state index contributed by atoms with van der Waals surface area (Å²) in [7, 11) is 0. The Hall–Kier alpha value is -2.21. The normalized spacial score (nSPS) is 13.7. The van der Waals surface area contributed by atoms with E-state index in [2.05, 4.69) is 20.5 Å². The minimum Gasteiger partial charge on any atom is -0.324 e. The highest BCUT2D eigenvalue weighted by molar-refractivity contribution is 5.97. The molecule has 2 atom stereocenters. The van der Waals surface area contributed by atoms with Crippen LogP contribution in [0.4, 0.5) is 5.69 Å². The second-order valence-corrected chi connectivity index (χ2v) is 5.19. The Kier molecular flexibility index (Phi) is 4.70. The lowest BCUT2D eigenvalue weighted by atomic mass is 9.99. The smallest absolute Gasteiger partial charge is 0.241 e. The maximum atomic E-state index is 12.2. The summed E-state index contributed by atoms with van der Waals surface area (Å²) in [6.45, 7) is 5.81. The van der Waals surface area contributed by atoms with Crippen molar-refractivity contribution in [2.45, 2.75) is 33.2 Å². The molecule has 6 heteroatoms. The SMILES string of the molecule is CCC(C)C(N)C(=O)Nc1ccccc1-c1n[nH]c(C)n1. The summed E-state index contributed by atoms with van der Waals surface area (Å²) in [5, 5.41) is 9.81. The third kappa shape index (κ3) is 3.46. The van der Waals surface area contributed by atoms with E-state index in [-0.39, 0.29) is 11.8 Å². The summed E-state index contributed by atoms with van der Waals surface area (Å²) in [5.74, 6) is 1.22. The Balaban J connectivity index is 2.23. The van der Waals surface area contributed by atoms with E-state index in [1.54, 1.807) is 0 Å². The fourth-order valence-electron chi connectivity index (χ4n) is 1.98. The van der Waals surface area contributed by atoms with Gasteiger partial charge in [-0.2, -0.15) is 5.10 Å². The fraction of sp³-hybridized carbons (Fsp3) is 0.400. The number of carbonyl (C=O) groups is 1. The van der Waals surface area contributed by atoms with Crippen LogP contribution in [-0.4, -0.2) is 27.1 Å². The van der Waals surface area contributed by atoms with E-state index in [0.29, 0.717) is 11.5 Å². The van der Waals surface area contributed by atoms with E-state index in [1.807, 2.05) is 45.0 Å². The van der Waals surface area contributed by atoms with Crippen LogP contribution >= 0.6 is 0 Å². The molecule has 0 spiro atoms. The average molecular weight is 287 g/mol. The summed E-state index contributed by atoms with van der Waals surface area (Å²) in [6, 6.07) is 6.89. The number of amides is 1. The molecule has 6 nitrogen and oxygen atoms in total. The van der Waals surface area contributed by atoms with Crippen LogP contribution in [0.2, 0.25) is 0 Å². The van der Waals surface area contributed by atoms with Crippen molar-refractivity contribution in [3.8, 4) is 11.4 Å². The van der Waals surface area contributed by atoms with Crippen molar-refractivity contribution in [3.05, 3.63) is 30.1 Å². The number of aromatic amines is 1. The van der Waals surface area contributed by atoms with Crippen LogP contribution in [0.5, 0.6) is 0 Å². The van der Waals surface area contributed by atoms with Crippen molar-refractivity contribution in [1.82, 2.24) is 15.2 Å². The molecule has 1 aromatic carbocycles. The molecule has 1 heterocycles. The number of hydrogen-bond donors (Lipinski definition) is 3. The van der Waals surface area contributed by atoms with Crippen molar-refractivity contribution in [1.29, 1.82) is 0 Å². The Labute approximate surface area is 124 Å².